The molecule has 0 bridgehead atoms. The summed E-state index contributed by atoms with van der Waals surface area (Å²) in [6.45, 7) is 7.30. The van der Waals surface area contributed by atoms with E-state index in [1.807, 2.05) is 20.8 Å². The molecule has 0 aromatic rings. The van der Waals surface area contributed by atoms with Crippen molar-refractivity contribution in [2.45, 2.75) is 40.5 Å². The monoisotopic (exact) mass is 234 g/mol. The maximum Gasteiger partial charge on any atom is 0.150 e. The molecule has 0 saturated heterocycles. The van der Waals surface area contributed by atoms with Crippen LogP contribution in [0.5, 0.6) is 0 Å². The molecule has 1 atom stereocenters. The molecule has 0 aliphatic carbocycles. The first-order valence-electron chi connectivity index (χ1n) is 5.51. The molecular weight excluding hydrogens is 212 g/mol. The van der Waals surface area contributed by atoms with Crippen LogP contribution in [0.1, 0.15) is 40.5 Å². The van der Waals surface area contributed by atoms with Crippen molar-refractivity contribution in [1.29, 1.82) is 0 Å². The highest BCUT2D eigenvalue weighted by atomic mass is 32.2. The van der Waals surface area contributed by atoms with Crippen molar-refractivity contribution >= 4 is 15.6 Å². The number of hydrogen-bond acceptors (Lipinski definition) is 3. The molecule has 0 aromatic carbocycles. The van der Waals surface area contributed by atoms with Gasteiger partial charge < -0.3 is 0 Å². The van der Waals surface area contributed by atoms with Crippen LogP contribution in [0.15, 0.2) is 0 Å². The van der Waals surface area contributed by atoms with E-state index in [1.165, 1.54) is 6.92 Å². The number of Topliss-reactive ketones (excluding diaryl/α,β-unsaturated/α-hetero) is 1. The Morgan fingerprint density at radius 3 is 2.07 bits per heavy atom. The van der Waals surface area contributed by atoms with Crippen LogP contribution in [-0.2, 0) is 14.6 Å². The molecule has 0 fully saturated rings. The lowest BCUT2D eigenvalue weighted by Gasteiger charge is -2.17. The molecule has 0 heterocycles. The second kappa shape index (κ2) is 6.26. The number of sulfone groups is 1. The summed E-state index contributed by atoms with van der Waals surface area (Å²) in [6, 6.07) is 0. The second-order valence-corrected chi connectivity index (χ2v) is 6.71. The van der Waals surface area contributed by atoms with Gasteiger partial charge in [0.1, 0.15) is 15.6 Å². The third-order valence-electron chi connectivity index (χ3n) is 2.58. The third kappa shape index (κ3) is 5.92. The van der Waals surface area contributed by atoms with E-state index in [-0.39, 0.29) is 29.1 Å². The summed E-state index contributed by atoms with van der Waals surface area (Å²) in [7, 11) is -2.95. The zero-order chi connectivity index (χ0) is 12.1. The number of hydrogen-bond donors (Lipinski definition) is 0. The van der Waals surface area contributed by atoms with Gasteiger partial charge in [0.2, 0.25) is 0 Å². The Labute approximate surface area is 93.2 Å². The number of carbonyl (C=O) groups excluding carboxylic acids is 1. The maximum atomic E-state index is 11.5. The van der Waals surface area contributed by atoms with Crippen molar-refractivity contribution in [2.75, 3.05) is 11.5 Å². The molecule has 4 heteroatoms. The number of carbonyl (C=O) groups is 1. The van der Waals surface area contributed by atoms with E-state index in [0.29, 0.717) is 12.8 Å². The normalized spacial score (nSPS) is 14.2. The smallest absolute Gasteiger partial charge is 0.150 e. The molecular formula is C11H22O3S. The average Bonchev–Trinajstić information content (AvgIpc) is 2.01. The number of rotatable bonds is 7. The van der Waals surface area contributed by atoms with Crippen molar-refractivity contribution in [3.05, 3.63) is 0 Å². The predicted octanol–water partition coefficient (Wildman–Crippen LogP) is 2.06. The fraction of sp³-hybridized carbons (Fsp3) is 0.909. The van der Waals surface area contributed by atoms with Gasteiger partial charge in [0.05, 0.1) is 5.75 Å². The maximum absolute atomic E-state index is 11.5. The van der Waals surface area contributed by atoms with E-state index in [4.69, 9.17) is 0 Å². The van der Waals surface area contributed by atoms with Crippen LogP contribution >= 0.6 is 0 Å². The van der Waals surface area contributed by atoms with Crippen molar-refractivity contribution in [3.8, 4) is 0 Å². The van der Waals surface area contributed by atoms with E-state index >= 15 is 0 Å². The minimum Gasteiger partial charge on any atom is -0.300 e. The lowest BCUT2D eigenvalue weighted by Crippen LogP contribution is -2.22. The van der Waals surface area contributed by atoms with Gasteiger partial charge in [-0.15, -0.1) is 0 Å². The van der Waals surface area contributed by atoms with Gasteiger partial charge in [0.15, 0.2) is 0 Å². The Morgan fingerprint density at radius 1 is 1.20 bits per heavy atom. The van der Waals surface area contributed by atoms with E-state index < -0.39 is 9.84 Å². The van der Waals surface area contributed by atoms with E-state index in [0.717, 1.165) is 0 Å². The van der Waals surface area contributed by atoms with E-state index in [9.17, 15) is 13.2 Å². The van der Waals surface area contributed by atoms with Crippen LogP contribution in [0.4, 0.5) is 0 Å². The average molecular weight is 234 g/mol. The van der Waals surface area contributed by atoms with Crippen molar-refractivity contribution < 1.29 is 13.2 Å². The van der Waals surface area contributed by atoms with Gasteiger partial charge >= 0.3 is 0 Å². The quantitative estimate of drug-likeness (QED) is 0.677. The first kappa shape index (κ1) is 14.6. The molecule has 0 spiro atoms. The van der Waals surface area contributed by atoms with Crippen LogP contribution in [0.3, 0.4) is 0 Å². The van der Waals surface area contributed by atoms with Crippen molar-refractivity contribution in [2.24, 2.45) is 11.8 Å². The molecule has 3 nitrogen and oxygen atoms in total. The summed E-state index contributed by atoms with van der Waals surface area (Å²) in [5, 5.41) is 0. The fourth-order valence-electron chi connectivity index (χ4n) is 1.73. The Balaban J connectivity index is 4.29. The highest BCUT2D eigenvalue weighted by Gasteiger charge is 2.21. The summed E-state index contributed by atoms with van der Waals surface area (Å²) >= 11 is 0. The van der Waals surface area contributed by atoms with Gasteiger partial charge in [-0.1, -0.05) is 20.8 Å². The Kier molecular flexibility index (Phi) is 6.10. The van der Waals surface area contributed by atoms with Crippen molar-refractivity contribution in [1.82, 2.24) is 0 Å². The van der Waals surface area contributed by atoms with Crippen LogP contribution < -0.4 is 0 Å². The van der Waals surface area contributed by atoms with Crippen LogP contribution in [0.2, 0.25) is 0 Å². The zero-order valence-corrected chi connectivity index (χ0v) is 10.9. The van der Waals surface area contributed by atoms with Gasteiger partial charge in [0.25, 0.3) is 0 Å². The van der Waals surface area contributed by atoms with Gasteiger partial charge in [-0.05, 0) is 25.7 Å². The third-order valence-corrected chi connectivity index (χ3v) is 4.47. The molecule has 0 amide bonds. The second-order valence-electron chi connectivity index (χ2n) is 4.40. The summed E-state index contributed by atoms with van der Waals surface area (Å²) in [5.74, 6) is 0.576. The summed E-state index contributed by atoms with van der Waals surface area (Å²) in [4.78, 5) is 11.3. The molecule has 0 rings (SSSR count). The van der Waals surface area contributed by atoms with E-state index in [1.54, 1.807) is 0 Å². The fourth-order valence-corrected chi connectivity index (χ4v) is 3.16. The molecule has 0 aromatic heterocycles. The Bertz CT molecular complexity index is 291. The topological polar surface area (TPSA) is 51.2 Å². The molecule has 0 saturated carbocycles. The minimum atomic E-state index is -2.95. The minimum absolute atomic E-state index is 0.0942. The molecule has 0 N–H and O–H groups in total. The summed E-state index contributed by atoms with van der Waals surface area (Å²) in [6.07, 6.45) is 1.12. The molecule has 0 aliphatic heterocycles. The molecule has 0 radical (unpaired) electrons. The Morgan fingerprint density at radius 2 is 1.73 bits per heavy atom. The standard InChI is InChI=1S/C11H22O3S/c1-5-7-15(13,14)8-6-11(9(2)3)10(4)12/h9,11H,5-8H2,1-4H3. The molecule has 15 heavy (non-hydrogen) atoms. The summed E-state index contributed by atoms with van der Waals surface area (Å²) < 4.78 is 22.9. The lowest BCUT2D eigenvalue weighted by atomic mass is 9.90. The Hall–Kier alpha value is -0.380. The molecule has 0 aliphatic rings. The van der Waals surface area contributed by atoms with Crippen LogP contribution in [0, 0.1) is 11.8 Å². The summed E-state index contributed by atoms with van der Waals surface area (Å²) in [5.41, 5.74) is 0. The largest absolute Gasteiger partial charge is 0.300 e. The van der Waals surface area contributed by atoms with Gasteiger partial charge in [-0.25, -0.2) is 8.42 Å². The molecule has 1 unspecified atom stereocenters. The first-order valence-corrected chi connectivity index (χ1v) is 7.33. The van der Waals surface area contributed by atoms with Crippen LogP contribution in [-0.4, -0.2) is 25.7 Å². The van der Waals surface area contributed by atoms with E-state index in [2.05, 4.69) is 0 Å². The predicted molar refractivity (Wildman–Crippen MR) is 62.6 cm³/mol. The zero-order valence-electron chi connectivity index (χ0n) is 10.1. The van der Waals surface area contributed by atoms with Gasteiger partial charge in [-0.2, -0.15) is 0 Å². The van der Waals surface area contributed by atoms with Gasteiger partial charge in [-0.3, -0.25) is 4.79 Å². The number of ketones is 1. The van der Waals surface area contributed by atoms with Crippen molar-refractivity contribution in [3.63, 3.8) is 0 Å². The lowest BCUT2D eigenvalue weighted by molar-refractivity contribution is -0.122. The van der Waals surface area contributed by atoms with Crippen LogP contribution in [0.25, 0.3) is 0 Å². The highest BCUT2D eigenvalue weighted by Crippen LogP contribution is 2.17. The SMILES string of the molecule is CCCS(=O)(=O)CCC(C(C)=O)C(C)C. The molecule has 90 valence electrons. The highest BCUT2D eigenvalue weighted by molar-refractivity contribution is 7.91. The van der Waals surface area contributed by atoms with Gasteiger partial charge in [0, 0.05) is 11.7 Å². The first-order chi connectivity index (χ1) is 6.80.